The summed E-state index contributed by atoms with van der Waals surface area (Å²) in [4.78, 5) is 1.43. The largest absolute Gasteiger partial charge is 0.302 e. The van der Waals surface area contributed by atoms with Crippen molar-refractivity contribution in [3.05, 3.63) is 57.3 Å². The molecule has 1 aromatic heterocycles. The molecule has 0 radical (unpaired) electrons. The van der Waals surface area contributed by atoms with E-state index in [0.717, 1.165) is 0 Å². The average Bonchev–Trinajstić information content (AvgIpc) is 2.88. The van der Waals surface area contributed by atoms with Gasteiger partial charge in [0.25, 0.3) is 0 Å². The monoisotopic (exact) mass is 287 g/mol. The second-order valence-electron chi connectivity index (χ2n) is 5.99. The molecule has 0 aliphatic heterocycles. The third kappa shape index (κ3) is 3.50. The predicted octanol–water partition coefficient (Wildman–Crippen LogP) is 5.41. The van der Waals surface area contributed by atoms with Crippen LogP contribution < -0.4 is 5.32 Å². The molecule has 2 rings (SSSR count). The maximum atomic E-state index is 3.81. The van der Waals surface area contributed by atoms with Crippen LogP contribution in [0.2, 0.25) is 0 Å². The van der Waals surface area contributed by atoms with Crippen molar-refractivity contribution in [3.8, 4) is 0 Å². The Morgan fingerprint density at radius 2 is 1.80 bits per heavy atom. The Kier molecular flexibility index (Phi) is 5.00. The summed E-state index contributed by atoms with van der Waals surface area (Å²) in [5.41, 5.74) is 4.11. The fourth-order valence-electron chi connectivity index (χ4n) is 2.74. The Morgan fingerprint density at radius 1 is 1.05 bits per heavy atom. The standard InChI is InChI=1S/C18H25NS/c1-12(2)18(17-7-6-10-20-17)19-15(5)16-9-8-13(3)11-14(16)4/h6-12,15,18-19H,1-5H3. The molecule has 2 unspecified atom stereocenters. The van der Waals surface area contributed by atoms with Gasteiger partial charge in [-0.05, 0) is 49.3 Å². The van der Waals surface area contributed by atoms with Gasteiger partial charge in [-0.25, -0.2) is 0 Å². The van der Waals surface area contributed by atoms with E-state index in [9.17, 15) is 0 Å². The maximum absolute atomic E-state index is 3.81. The van der Waals surface area contributed by atoms with Crippen LogP contribution in [-0.4, -0.2) is 0 Å². The molecule has 0 fully saturated rings. The fraction of sp³-hybridized carbons (Fsp3) is 0.444. The number of rotatable bonds is 5. The SMILES string of the molecule is Cc1ccc(C(C)NC(c2cccs2)C(C)C)c(C)c1. The minimum absolute atomic E-state index is 0.366. The van der Waals surface area contributed by atoms with E-state index >= 15 is 0 Å². The first-order chi connectivity index (χ1) is 9.49. The number of aryl methyl sites for hydroxylation is 2. The van der Waals surface area contributed by atoms with Crippen LogP contribution in [0, 0.1) is 19.8 Å². The van der Waals surface area contributed by atoms with Crippen molar-refractivity contribution in [2.75, 3.05) is 0 Å². The molecule has 1 nitrogen and oxygen atoms in total. The predicted molar refractivity (Wildman–Crippen MR) is 89.4 cm³/mol. The smallest absolute Gasteiger partial charge is 0.0442 e. The highest BCUT2D eigenvalue weighted by Gasteiger charge is 2.20. The molecule has 2 heteroatoms. The number of benzene rings is 1. The van der Waals surface area contributed by atoms with Crippen LogP contribution >= 0.6 is 11.3 Å². The van der Waals surface area contributed by atoms with E-state index in [2.05, 4.69) is 75.6 Å². The molecule has 2 atom stereocenters. The molecule has 0 saturated carbocycles. The van der Waals surface area contributed by atoms with E-state index in [4.69, 9.17) is 0 Å². The van der Waals surface area contributed by atoms with Gasteiger partial charge >= 0.3 is 0 Å². The maximum Gasteiger partial charge on any atom is 0.0442 e. The van der Waals surface area contributed by atoms with Crippen molar-refractivity contribution < 1.29 is 0 Å². The Morgan fingerprint density at radius 3 is 2.35 bits per heavy atom. The molecule has 108 valence electrons. The van der Waals surface area contributed by atoms with Crippen molar-refractivity contribution in [3.63, 3.8) is 0 Å². The molecule has 1 N–H and O–H groups in total. The van der Waals surface area contributed by atoms with Crippen molar-refractivity contribution in [2.45, 2.75) is 46.7 Å². The summed E-state index contributed by atoms with van der Waals surface area (Å²) in [6.07, 6.45) is 0. The summed E-state index contributed by atoms with van der Waals surface area (Å²) >= 11 is 1.84. The Hall–Kier alpha value is -1.12. The molecule has 1 aromatic carbocycles. The number of hydrogen-bond acceptors (Lipinski definition) is 2. The summed E-state index contributed by atoms with van der Waals surface area (Å²) in [5.74, 6) is 0.585. The molecule has 0 aliphatic rings. The first-order valence-electron chi connectivity index (χ1n) is 7.35. The Labute approximate surface area is 127 Å². The first kappa shape index (κ1) is 15.3. The van der Waals surface area contributed by atoms with Gasteiger partial charge < -0.3 is 5.32 Å². The van der Waals surface area contributed by atoms with Crippen molar-refractivity contribution in [1.82, 2.24) is 5.32 Å². The molecule has 0 spiro atoms. The molecule has 0 bridgehead atoms. The summed E-state index contributed by atoms with van der Waals surface area (Å²) in [5, 5.41) is 5.97. The zero-order chi connectivity index (χ0) is 14.7. The number of thiophene rings is 1. The highest BCUT2D eigenvalue weighted by Crippen LogP contribution is 2.29. The van der Waals surface area contributed by atoms with Gasteiger partial charge in [-0.3, -0.25) is 0 Å². The molecule has 0 amide bonds. The van der Waals surface area contributed by atoms with Crippen LogP contribution in [-0.2, 0) is 0 Å². The molecular weight excluding hydrogens is 262 g/mol. The lowest BCUT2D eigenvalue weighted by molar-refractivity contribution is 0.379. The summed E-state index contributed by atoms with van der Waals surface area (Å²) in [6, 6.07) is 11.9. The van der Waals surface area contributed by atoms with Crippen LogP contribution in [0.4, 0.5) is 0 Å². The van der Waals surface area contributed by atoms with E-state index in [-0.39, 0.29) is 0 Å². The van der Waals surface area contributed by atoms with E-state index in [1.54, 1.807) is 0 Å². The highest BCUT2D eigenvalue weighted by molar-refractivity contribution is 7.10. The van der Waals surface area contributed by atoms with Crippen LogP contribution in [0.3, 0.4) is 0 Å². The minimum Gasteiger partial charge on any atom is -0.302 e. The average molecular weight is 287 g/mol. The van der Waals surface area contributed by atoms with Gasteiger partial charge in [0.05, 0.1) is 0 Å². The van der Waals surface area contributed by atoms with Crippen molar-refractivity contribution >= 4 is 11.3 Å². The number of nitrogens with one attached hydrogen (secondary N) is 1. The van der Waals surface area contributed by atoms with E-state index in [1.165, 1.54) is 21.6 Å². The summed E-state index contributed by atoms with van der Waals surface area (Å²) < 4.78 is 0. The Balaban J connectivity index is 2.18. The van der Waals surface area contributed by atoms with E-state index < -0.39 is 0 Å². The van der Waals surface area contributed by atoms with Crippen LogP contribution in [0.25, 0.3) is 0 Å². The fourth-order valence-corrected chi connectivity index (χ4v) is 3.70. The summed E-state index contributed by atoms with van der Waals surface area (Å²) in [6.45, 7) is 11.2. The first-order valence-corrected chi connectivity index (χ1v) is 8.23. The Bertz CT molecular complexity index is 543. The zero-order valence-corrected chi connectivity index (χ0v) is 13.9. The third-order valence-electron chi connectivity index (χ3n) is 3.84. The molecular formula is C18H25NS. The molecule has 20 heavy (non-hydrogen) atoms. The molecule has 1 heterocycles. The minimum atomic E-state index is 0.366. The van der Waals surface area contributed by atoms with E-state index in [0.29, 0.717) is 18.0 Å². The number of hydrogen-bond donors (Lipinski definition) is 1. The lowest BCUT2D eigenvalue weighted by Crippen LogP contribution is -2.28. The lowest BCUT2D eigenvalue weighted by atomic mass is 9.97. The highest BCUT2D eigenvalue weighted by atomic mass is 32.1. The lowest BCUT2D eigenvalue weighted by Gasteiger charge is -2.27. The normalized spacial score (nSPS) is 14.5. The third-order valence-corrected chi connectivity index (χ3v) is 4.79. The van der Waals surface area contributed by atoms with Gasteiger partial charge in [-0.1, -0.05) is 43.7 Å². The topological polar surface area (TPSA) is 12.0 Å². The molecule has 0 aliphatic carbocycles. The van der Waals surface area contributed by atoms with Crippen molar-refractivity contribution in [1.29, 1.82) is 0 Å². The van der Waals surface area contributed by atoms with E-state index in [1.807, 2.05) is 11.3 Å². The second-order valence-corrected chi connectivity index (χ2v) is 6.96. The van der Waals surface area contributed by atoms with Gasteiger partial charge in [-0.15, -0.1) is 11.3 Å². The zero-order valence-electron chi connectivity index (χ0n) is 13.1. The van der Waals surface area contributed by atoms with Gasteiger partial charge in [0.1, 0.15) is 0 Å². The van der Waals surface area contributed by atoms with Crippen molar-refractivity contribution in [2.24, 2.45) is 5.92 Å². The van der Waals surface area contributed by atoms with Gasteiger partial charge in [0.2, 0.25) is 0 Å². The van der Waals surface area contributed by atoms with Crippen LogP contribution in [0.1, 0.15) is 54.4 Å². The van der Waals surface area contributed by atoms with Gasteiger partial charge in [0.15, 0.2) is 0 Å². The second kappa shape index (κ2) is 6.55. The van der Waals surface area contributed by atoms with Gasteiger partial charge in [-0.2, -0.15) is 0 Å². The van der Waals surface area contributed by atoms with Crippen LogP contribution in [0.15, 0.2) is 35.7 Å². The van der Waals surface area contributed by atoms with Crippen LogP contribution in [0.5, 0.6) is 0 Å². The quantitative estimate of drug-likeness (QED) is 0.775. The summed E-state index contributed by atoms with van der Waals surface area (Å²) in [7, 11) is 0. The molecule has 2 aromatic rings. The van der Waals surface area contributed by atoms with Gasteiger partial charge in [0, 0.05) is 17.0 Å². The molecule has 0 saturated heterocycles.